The van der Waals surface area contributed by atoms with Crippen LogP contribution < -0.4 is 5.32 Å². The summed E-state index contributed by atoms with van der Waals surface area (Å²) in [6.07, 6.45) is 1.63. The van der Waals surface area contributed by atoms with Crippen LogP contribution in [0.5, 0.6) is 0 Å². The molecule has 3 aromatic rings. The molecule has 6 heteroatoms. The number of benzene rings is 2. The summed E-state index contributed by atoms with van der Waals surface area (Å²) >= 11 is 6.15. The summed E-state index contributed by atoms with van der Waals surface area (Å²) < 4.78 is 1.61. The first-order valence-corrected chi connectivity index (χ1v) is 8.48. The molecule has 0 spiro atoms. The molecule has 0 fully saturated rings. The highest BCUT2D eigenvalue weighted by Gasteiger charge is 2.13. The van der Waals surface area contributed by atoms with E-state index in [9.17, 15) is 4.79 Å². The van der Waals surface area contributed by atoms with Gasteiger partial charge in [-0.25, -0.2) is 4.68 Å². The summed E-state index contributed by atoms with van der Waals surface area (Å²) in [5.41, 5.74) is 2.41. The average Bonchev–Trinajstić information content (AvgIpc) is 3.11. The number of nitrogens with zero attached hydrogens (tertiary/aromatic N) is 3. The molecule has 1 atom stereocenters. The van der Waals surface area contributed by atoms with Crippen molar-refractivity contribution in [3.8, 4) is 0 Å². The first kappa shape index (κ1) is 17.2. The van der Waals surface area contributed by atoms with E-state index >= 15 is 0 Å². The third-order valence-corrected chi connectivity index (χ3v) is 4.37. The molecular formula is C19H19ClN4O. The molecule has 0 bridgehead atoms. The van der Waals surface area contributed by atoms with Crippen LogP contribution in [-0.2, 0) is 6.54 Å². The minimum absolute atomic E-state index is 0.225. The van der Waals surface area contributed by atoms with Crippen LogP contribution in [0.25, 0.3) is 0 Å². The molecule has 0 saturated carbocycles. The Balaban J connectivity index is 1.58. The number of halogens is 1. The van der Waals surface area contributed by atoms with Gasteiger partial charge in [0.15, 0.2) is 5.69 Å². The second kappa shape index (κ2) is 7.94. The maximum atomic E-state index is 12.3. The number of hydrogen-bond donors (Lipinski definition) is 1. The Hall–Kier alpha value is -2.66. The van der Waals surface area contributed by atoms with E-state index in [2.05, 4.69) is 34.7 Å². The van der Waals surface area contributed by atoms with Crippen molar-refractivity contribution in [1.82, 2.24) is 20.3 Å². The molecule has 0 radical (unpaired) electrons. The van der Waals surface area contributed by atoms with Gasteiger partial charge in [0.1, 0.15) is 0 Å². The Morgan fingerprint density at radius 1 is 1.16 bits per heavy atom. The maximum absolute atomic E-state index is 12.3. The molecule has 1 unspecified atom stereocenters. The molecule has 1 amide bonds. The van der Waals surface area contributed by atoms with Gasteiger partial charge in [-0.2, -0.15) is 0 Å². The Kier molecular flexibility index (Phi) is 5.46. The molecule has 25 heavy (non-hydrogen) atoms. The molecule has 5 nitrogen and oxygen atoms in total. The third-order valence-electron chi connectivity index (χ3n) is 4.00. The van der Waals surface area contributed by atoms with Gasteiger partial charge in [0.05, 0.1) is 12.7 Å². The number of aromatic nitrogens is 3. The minimum Gasteiger partial charge on any atom is -0.350 e. The highest BCUT2D eigenvalue weighted by Crippen LogP contribution is 2.16. The van der Waals surface area contributed by atoms with Crippen LogP contribution in [-0.4, -0.2) is 27.4 Å². The van der Waals surface area contributed by atoms with Crippen molar-refractivity contribution in [2.24, 2.45) is 0 Å². The van der Waals surface area contributed by atoms with Crippen LogP contribution in [0.15, 0.2) is 60.8 Å². The van der Waals surface area contributed by atoms with Crippen molar-refractivity contribution in [3.05, 3.63) is 82.6 Å². The van der Waals surface area contributed by atoms with Crippen molar-refractivity contribution in [2.45, 2.75) is 19.4 Å². The lowest BCUT2D eigenvalue weighted by Crippen LogP contribution is -2.27. The first-order valence-electron chi connectivity index (χ1n) is 8.10. The minimum atomic E-state index is -0.229. The van der Waals surface area contributed by atoms with Crippen LogP contribution in [0.3, 0.4) is 0 Å². The topological polar surface area (TPSA) is 59.8 Å². The van der Waals surface area contributed by atoms with Gasteiger partial charge >= 0.3 is 0 Å². The van der Waals surface area contributed by atoms with E-state index in [0.29, 0.717) is 23.8 Å². The van der Waals surface area contributed by atoms with E-state index in [-0.39, 0.29) is 11.8 Å². The largest absolute Gasteiger partial charge is 0.350 e. The molecule has 128 valence electrons. The van der Waals surface area contributed by atoms with Crippen molar-refractivity contribution < 1.29 is 4.79 Å². The summed E-state index contributed by atoms with van der Waals surface area (Å²) in [7, 11) is 0. The Bertz CT molecular complexity index is 847. The normalized spacial score (nSPS) is 11.9. The summed E-state index contributed by atoms with van der Waals surface area (Å²) in [4.78, 5) is 12.3. The van der Waals surface area contributed by atoms with E-state index in [1.54, 1.807) is 10.9 Å². The zero-order valence-corrected chi connectivity index (χ0v) is 14.6. The number of amides is 1. The van der Waals surface area contributed by atoms with Gasteiger partial charge in [0.2, 0.25) is 0 Å². The van der Waals surface area contributed by atoms with Gasteiger partial charge in [-0.3, -0.25) is 4.79 Å². The second-order valence-electron chi connectivity index (χ2n) is 5.91. The maximum Gasteiger partial charge on any atom is 0.273 e. The Labute approximate surface area is 151 Å². The van der Waals surface area contributed by atoms with Crippen molar-refractivity contribution >= 4 is 17.5 Å². The summed E-state index contributed by atoms with van der Waals surface area (Å²) in [5.74, 6) is -0.00323. The number of nitrogens with one attached hydrogen (secondary N) is 1. The van der Waals surface area contributed by atoms with Crippen LogP contribution in [0.1, 0.15) is 34.5 Å². The molecule has 1 N–H and O–H groups in total. The molecule has 1 aromatic heterocycles. The third kappa shape index (κ3) is 4.45. The van der Waals surface area contributed by atoms with Crippen LogP contribution in [0, 0.1) is 0 Å². The van der Waals surface area contributed by atoms with Crippen LogP contribution >= 0.6 is 11.6 Å². The van der Waals surface area contributed by atoms with Gasteiger partial charge in [0, 0.05) is 11.6 Å². The molecule has 2 aromatic carbocycles. The standard InChI is InChI=1S/C19H19ClN4O/c1-14(15-7-3-2-4-8-15)11-21-19(25)18-13-24(23-22-18)12-16-9-5-6-10-17(16)20/h2-10,13-14H,11-12H2,1H3,(H,21,25). The summed E-state index contributed by atoms with van der Waals surface area (Å²) in [6.45, 7) is 3.09. The lowest BCUT2D eigenvalue weighted by atomic mass is 10.0. The van der Waals surface area contributed by atoms with Gasteiger partial charge in [0.25, 0.3) is 5.91 Å². The second-order valence-corrected chi connectivity index (χ2v) is 6.32. The lowest BCUT2D eigenvalue weighted by Gasteiger charge is -2.12. The SMILES string of the molecule is CC(CNC(=O)c1cn(Cc2ccccc2Cl)nn1)c1ccccc1. The number of carbonyl (C=O) groups is 1. The van der Waals surface area contributed by atoms with Crippen molar-refractivity contribution in [1.29, 1.82) is 0 Å². The van der Waals surface area contributed by atoms with Gasteiger partial charge in [-0.15, -0.1) is 5.10 Å². The molecule has 0 aliphatic heterocycles. The molecule has 1 heterocycles. The zero-order chi connectivity index (χ0) is 17.6. The molecule has 0 aliphatic carbocycles. The van der Waals surface area contributed by atoms with Gasteiger partial charge in [-0.1, -0.05) is 72.3 Å². The zero-order valence-electron chi connectivity index (χ0n) is 13.9. The Morgan fingerprint density at radius 3 is 2.64 bits per heavy atom. The van der Waals surface area contributed by atoms with Gasteiger partial charge in [-0.05, 0) is 23.1 Å². The van der Waals surface area contributed by atoms with E-state index in [1.165, 1.54) is 5.56 Å². The van der Waals surface area contributed by atoms with Gasteiger partial charge < -0.3 is 5.32 Å². The predicted octanol–water partition coefficient (Wildman–Crippen LogP) is 3.51. The molecule has 0 aliphatic rings. The quantitative estimate of drug-likeness (QED) is 0.736. The first-order chi connectivity index (χ1) is 12.1. The van der Waals surface area contributed by atoms with Crippen LogP contribution in [0.4, 0.5) is 0 Å². The fourth-order valence-electron chi connectivity index (χ4n) is 2.52. The fraction of sp³-hybridized carbons (Fsp3) is 0.211. The summed E-state index contributed by atoms with van der Waals surface area (Å²) in [5, 5.41) is 11.5. The number of rotatable bonds is 6. The predicted molar refractivity (Wildman–Crippen MR) is 97.8 cm³/mol. The monoisotopic (exact) mass is 354 g/mol. The van der Waals surface area contributed by atoms with Crippen molar-refractivity contribution in [2.75, 3.05) is 6.54 Å². The van der Waals surface area contributed by atoms with E-state index in [1.807, 2.05) is 42.5 Å². The lowest BCUT2D eigenvalue weighted by molar-refractivity contribution is 0.0946. The molecule has 3 rings (SSSR count). The molecule has 0 saturated heterocycles. The molecular weight excluding hydrogens is 336 g/mol. The smallest absolute Gasteiger partial charge is 0.273 e. The average molecular weight is 355 g/mol. The summed E-state index contributed by atoms with van der Waals surface area (Å²) in [6, 6.07) is 17.6. The highest BCUT2D eigenvalue weighted by molar-refractivity contribution is 6.31. The Morgan fingerprint density at radius 2 is 1.88 bits per heavy atom. The van der Waals surface area contributed by atoms with Crippen molar-refractivity contribution in [3.63, 3.8) is 0 Å². The fourth-order valence-corrected chi connectivity index (χ4v) is 2.71. The van der Waals surface area contributed by atoms with E-state index < -0.39 is 0 Å². The van der Waals surface area contributed by atoms with E-state index in [0.717, 1.165) is 5.56 Å². The van der Waals surface area contributed by atoms with E-state index in [4.69, 9.17) is 11.6 Å². The number of carbonyl (C=O) groups excluding carboxylic acids is 1. The van der Waals surface area contributed by atoms with Crippen LogP contribution in [0.2, 0.25) is 5.02 Å². The number of hydrogen-bond acceptors (Lipinski definition) is 3. The highest BCUT2D eigenvalue weighted by atomic mass is 35.5.